The molecule has 0 radical (unpaired) electrons. The lowest BCUT2D eigenvalue weighted by Crippen LogP contribution is -2.08. The molecule has 0 aliphatic rings. The Morgan fingerprint density at radius 3 is 1.82 bits per heavy atom. The average Bonchev–Trinajstić information content (AvgIpc) is 2.13. The topological polar surface area (TPSA) is 129 Å². The van der Waals surface area contributed by atoms with Crippen LogP contribution in [0.3, 0.4) is 0 Å². The minimum absolute atomic E-state index is 0.0457. The second-order valence-corrected chi connectivity index (χ2v) is 3.47. The van der Waals surface area contributed by atoms with E-state index in [0.29, 0.717) is 5.95 Å². The smallest absolute Gasteiger partial charge is 0.236 e. The van der Waals surface area contributed by atoms with Crippen molar-refractivity contribution in [1.82, 2.24) is 24.9 Å². The molecule has 0 atom stereocenters. The number of anilines is 4. The molecule has 0 aromatic carbocycles. The molecule has 2 heterocycles. The number of nitrogen functional groups attached to an aromatic ring is 2. The van der Waals surface area contributed by atoms with Crippen molar-refractivity contribution in [2.24, 2.45) is 0 Å². The van der Waals surface area contributed by atoms with E-state index in [9.17, 15) is 0 Å². The van der Waals surface area contributed by atoms with Gasteiger partial charge in [0.2, 0.25) is 23.8 Å². The Balaban J connectivity index is 2.31. The van der Waals surface area contributed by atoms with Crippen LogP contribution in [0, 0.1) is 13.8 Å². The molecule has 0 unspecified atom stereocenters. The largest absolute Gasteiger partial charge is 0.368 e. The van der Waals surface area contributed by atoms with E-state index in [0.717, 1.165) is 11.4 Å². The van der Waals surface area contributed by atoms with Gasteiger partial charge in [-0.3, -0.25) is 5.32 Å². The Morgan fingerprint density at radius 1 is 0.824 bits per heavy atom. The van der Waals surface area contributed by atoms with Gasteiger partial charge in [-0.05, 0) is 19.9 Å². The lowest BCUT2D eigenvalue weighted by Gasteiger charge is -2.05. The number of hydrogen-bond donors (Lipinski definition) is 3. The minimum atomic E-state index is 0.0457. The first-order chi connectivity index (χ1) is 8.02. The third-order valence-electron chi connectivity index (χ3n) is 1.88. The first kappa shape index (κ1) is 11.0. The van der Waals surface area contributed by atoms with Crippen LogP contribution in [-0.2, 0) is 0 Å². The van der Waals surface area contributed by atoms with Gasteiger partial charge in [-0.1, -0.05) is 0 Å². The maximum atomic E-state index is 5.45. The summed E-state index contributed by atoms with van der Waals surface area (Å²) in [5.41, 5.74) is 12.6. The number of nitrogens with two attached hydrogens (primary N) is 2. The summed E-state index contributed by atoms with van der Waals surface area (Å²) < 4.78 is 0. The Hall–Kier alpha value is -2.51. The predicted molar refractivity (Wildman–Crippen MR) is 63.4 cm³/mol. The number of hydrogen-bond acceptors (Lipinski definition) is 8. The lowest BCUT2D eigenvalue weighted by molar-refractivity contribution is 1.03. The van der Waals surface area contributed by atoms with Gasteiger partial charge < -0.3 is 11.5 Å². The van der Waals surface area contributed by atoms with Crippen LogP contribution < -0.4 is 16.8 Å². The van der Waals surface area contributed by atoms with Gasteiger partial charge >= 0.3 is 0 Å². The van der Waals surface area contributed by atoms with Crippen LogP contribution in [0.5, 0.6) is 0 Å². The van der Waals surface area contributed by atoms with Crippen LogP contribution in [0.25, 0.3) is 0 Å². The van der Waals surface area contributed by atoms with Crippen molar-refractivity contribution in [2.75, 3.05) is 16.8 Å². The summed E-state index contributed by atoms with van der Waals surface area (Å²) >= 11 is 0. The van der Waals surface area contributed by atoms with Crippen LogP contribution in [0.4, 0.5) is 23.8 Å². The Labute approximate surface area is 97.5 Å². The molecule has 5 N–H and O–H groups in total. The molecule has 2 aromatic heterocycles. The summed E-state index contributed by atoms with van der Waals surface area (Å²) in [6.07, 6.45) is 0. The zero-order valence-electron chi connectivity index (χ0n) is 9.47. The summed E-state index contributed by atoms with van der Waals surface area (Å²) in [6, 6.07) is 1.86. The Morgan fingerprint density at radius 2 is 1.29 bits per heavy atom. The third kappa shape index (κ3) is 2.74. The van der Waals surface area contributed by atoms with E-state index in [1.54, 1.807) is 0 Å². The first-order valence-electron chi connectivity index (χ1n) is 4.89. The highest BCUT2D eigenvalue weighted by atomic mass is 15.3. The second kappa shape index (κ2) is 4.16. The number of aryl methyl sites for hydroxylation is 2. The van der Waals surface area contributed by atoms with E-state index in [1.807, 2.05) is 19.9 Å². The van der Waals surface area contributed by atoms with Crippen LogP contribution >= 0.6 is 0 Å². The lowest BCUT2D eigenvalue weighted by atomic mass is 10.4. The van der Waals surface area contributed by atoms with E-state index < -0.39 is 0 Å². The molecule has 2 aromatic rings. The normalized spacial score (nSPS) is 10.2. The zero-order chi connectivity index (χ0) is 12.4. The molecule has 0 bridgehead atoms. The van der Waals surface area contributed by atoms with Crippen LogP contribution in [-0.4, -0.2) is 24.9 Å². The fraction of sp³-hybridized carbons (Fsp3) is 0.222. The monoisotopic (exact) mass is 232 g/mol. The van der Waals surface area contributed by atoms with Gasteiger partial charge in [-0.25, -0.2) is 9.97 Å². The molecule has 17 heavy (non-hydrogen) atoms. The number of aromatic nitrogens is 5. The third-order valence-corrected chi connectivity index (χ3v) is 1.88. The van der Waals surface area contributed by atoms with Gasteiger partial charge in [0.15, 0.2) is 0 Å². The Kier molecular flexibility index (Phi) is 2.69. The molecule has 0 amide bonds. The summed E-state index contributed by atoms with van der Waals surface area (Å²) in [4.78, 5) is 19.8. The molecule has 0 aliphatic heterocycles. The number of rotatable bonds is 2. The van der Waals surface area contributed by atoms with Crippen LogP contribution in [0.15, 0.2) is 6.07 Å². The van der Waals surface area contributed by atoms with Crippen molar-refractivity contribution in [3.63, 3.8) is 0 Å². The van der Waals surface area contributed by atoms with Crippen molar-refractivity contribution in [3.05, 3.63) is 17.5 Å². The Bertz CT molecular complexity index is 463. The zero-order valence-corrected chi connectivity index (χ0v) is 9.47. The molecule has 0 fully saturated rings. The minimum Gasteiger partial charge on any atom is -0.368 e. The summed E-state index contributed by atoms with van der Waals surface area (Å²) in [7, 11) is 0. The molecular formula is C9H12N8. The van der Waals surface area contributed by atoms with Gasteiger partial charge in [-0.2, -0.15) is 15.0 Å². The molecule has 8 nitrogen and oxygen atoms in total. The number of nitrogens with one attached hydrogen (secondary N) is 1. The standard InChI is InChI=1S/C9H12N8/c1-4-3-5(2)13-8(12-4)17-9-15-6(10)14-7(11)16-9/h3H,1-2H3,(H5,10,11,12,13,14,15,16,17). The van der Waals surface area contributed by atoms with Gasteiger partial charge in [-0.15, -0.1) is 0 Å². The molecule has 2 rings (SSSR count). The summed E-state index contributed by atoms with van der Waals surface area (Å²) in [5, 5.41) is 2.82. The molecule has 0 spiro atoms. The average molecular weight is 232 g/mol. The second-order valence-electron chi connectivity index (χ2n) is 3.47. The van der Waals surface area contributed by atoms with Crippen molar-refractivity contribution in [1.29, 1.82) is 0 Å². The maximum absolute atomic E-state index is 5.45. The van der Waals surface area contributed by atoms with Crippen LogP contribution in [0.2, 0.25) is 0 Å². The van der Waals surface area contributed by atoms with Gasteiger partial charge in [0, 0.05) is 11.4 Å². The SMILES string of the molecule is Cc1cc(C)nc(Nc2nc(N)nc(N)n2)n1. The molecule has 0 aliphatic carbocycles. The quantitative estimate of drug-likeness (QED) is 0.669. The number of nitrogens with zero attached hydrogens (tertiary/aromatic N) is 5. The van der Waals surface area contributed by atoms with Crippen LogP contribution in [0.1, 0.15) is 11.4 Å². The fourth-order valence-electron chi connectivity index (χ4n) is 1.35. The van der Waals surface area contributed by atoms with Gasteiger partial charge in [0.05, 0.1) is 0 Å². The van der Waals surface area contributed by atoms with Crippen molar-refractivity contribution < 1.29 is 0 Å². The molecular weight excluding hydrogens is 220 g/mol. The van der Waals surface area contributed by atoms with Gasteiger partial charge in [0.1, 0.15) is 0 Å². The first-order valence-corrected chi connectivity index (χ1v) is 4.89. The predicted octanol–water partition coefficient (Wildman–Crippen LogP) is 0.186. The van der Waals surface area contributed by atoms with E-state index in [4.69, 9.17) is 11.5 Å². The molecule has 88 valence electrons. The van der Waals surface area contributed by atoms with Crippen molar-refractivity contribution in [2.45, 2.75) is 13.8 Å². The summed E-state index contributed by atoms with van der Waals surface area (Å²) in [5.74, 6) is 0.709. The van der Waals surface area contributed by atoms with E-state index in [1.165, 1.54) is 0 Å². The molecule has 0 saturated carbocycles. The fourth-order valence-corrected chi connectivity index (χ4v) is 1.35. The molecule has 0 saturated heterocycles. The van der Waals surface area contributed by atoms with E-state index in [-0.39, 0.29) is 17.8 Å². The highest BCUT2D eigenvalue weighted by Gasteiger charge is 2.05. The summed E-state index contributed by atoms with van der Waals surface area (Å²) in [6.45, 7) is 3.74. The highest BCUT2D eigenvalue weighted by molar-refractivity contribution is 5.46. The van der Waals surface area contributed by atoms with E-state index >= 15 is 0 Å². The van der Waals surface area contributed by atoms with Gasteiger partial charge in [0.25, 0.3) is 0 Å². The highest BCUT2D eigenvalue weighted by Crippen LogP contribution is 2.10. The molecule has 8 heteroatoms. The van der Waals surface area contributed by atoms with Crippen molar-refractivity contribution >= 4 is 23.8 Å². The maximum Gasteiger partial charge on any atom is 0.236 e. The van der Waals surface area contributed by atoms with Crippen molar-refractivity contribution in [3.8, 4) is 0 Å². The van der Waals surface area contributed by atoms with E-state index in [2.05, 4.69) is 30.2 Å².